The van der Waals surface area contributed by atoms with Gasteiger partial charge in [0, 0.05) is 6.61 Å². The fraction of sp³-hybridized carbons (Fsp3) is 0.842. The Hall–Kier alpha value is -0.820. The Labute approximate surface area is 244 Å². The molecule has 0 aliphatic heterocycles. The van der Waals surface area contributed by atoms with Gasteiger partial charge in [0.1, 0.15) is 0 Å². The van der Waals surface area contributed by atoms with Crippen LogP contribution in [0, 0.1) is 11.8 Å². The fourth-order valence-corrected chi connectivity index (χ4v) is 7.45. The number of hydrogen-bond acceptors (Lipinski definition) is 1. The van der Waals surface area contributed by atoms with Crippen LogP contribution < -0.4 is 0 Å². The van der Waals surface area contributed by atoms with Crippen molar-refractivity contribution in [2.75, 3.05) is 6.61 Å². The molecule has 0 saturated heterocycles. The van der Waals surface area contributed by atoms with E-state index >= 15 is 0 Å². The molecule has 0 aromatic heterocycles. The highest BCUT2D eigenvalue weighted by Crippen LogP contribution is 2.36. The van der Waals surface area contributed by atoms with Crippen molar-refractivity contribution >= 4 is 0 Å². The quantitative estimate of drug-likeness (QED) is 0.141. The summed E-state index contributed by atoms with van der Waals surface area (Å²) in [6, 6.07) is 9.67. The summed E-state index contributed by atoms with van der Waals surface area (Å²) < 4.78 is 6.38. The van der Waals surface area contributed by atoms with Gasteiger partial charge in [-0.05, 0) is 80.2 Å². The molecule has 2 fully saturated rings. The fourth-order valence-electron chi connectivity index (χ4n) is 7.45. The van der Waals surface area contributed by atoms with E-state index in [1.54, 1.807) is 5.56 Å². The van der Waals surface area contributed by atoms with Crippen molar-refractivity contribution in [2.45, 2.75) is 186 Å². The molecule has 3 rings (SSSR count). The van der Waals surface area contributed by atoms with Crippen molar-refractivity contribution in [1.82, 2.24) is 0 Å². The number of aryl methyl sites for hydroxylation is 1. The highest BCUT2D eigenvalue weighted by molar-refractivity contribution is 5.26. The second-order valence-corrected chi connectivity index (χ2v) is 13.5. The molecule has 2 saturated carbocycles. The molecule has 1 aromatic rings. The van der Waals surface area contributed by atoms with Crippen molar-refractivity contribution in [2.24, 2.45) is 11.8 Å². The zero-order valence-electron chi connectivity index (χ0n) is 26.4. The van der Waals surface area contributed by atoms with Crippen LogP contribution in [-0.4, -0.2) is 12.7 Å². The SMILES string of the molecule is CCCCCCCCCC[C@H]1CC[C@H](CCCO[C@H]2CC[C@H](c3ccc(CCCCCCC)cc3)CC2)CC1. The smallest absolute Gasteiger partial charge is 0.0575 e. The first kappa shape index (κ1) is 32.7. The molecule has 1 nitrogen and oxygen atoms in total. The highest BCUT2D eigenvalue weighted by atomic mass is 16.5. The highest BCUT2D eigenvalue weighted by Gasteiger charge is 2.24. The minimum absolute atomic E-state index is 0.519. The van der Waals surface area contributed by atoms with Crippen molar-refractivity contribution < 1.29 is 4.74 Å². The maximum atomic E-state index is 6.38. The number of rotatable bonds is 21. The molecule has 0 unspecified atom stereocenters. The van der Waals surface area contributed by atoms with Crippen molar-refractivity contribution in [3.63, 3.8) is 0 Å². The van der Waals surface area contributed by atoms with E-state index in [1.807, 2.05) is 0 Å². The van der Waals surface area contributed by atoms with Gasteiger partial charge in [0.15, 0.2) is 0 Å². The average Bonchev–Trinajstić information content (AvgIpc) is 2.98. The van der Waals surface area contributed by atoms with Gasteiger partial charge >= 0.3 is 0 Å². The van der Waals surface area contributed by atoms with Crippen LogP contribution in [-0.2, 0) is 11.2 Å². The zero-order chi connectivity index (χ0) is 27.4. The zero-order valence-corrected chi connectivity index (χ0v) is 26.4. The maximum absolute atomic E-state index is 6.38. The molecule has 0 radical (unpaired) electrons. The van der Waals surface area contributed by atoms with Gasteiger partial charge in [0.05, 0.1) is 6.10 Å². The van der Waals surface area contributed by atoms with E-state index in [2.05, 4.69) is 38.1 Å². The van der Waals surface area contributed by atoms with Crippen LogP contribution >= 0.6 is 0 Å². The Morgan fingerprint density at radius 2 is 1.05 bits per heavy atom. The van der Waals surface area contributed by atoms with Gasteiger partial charge in [-0.3, -0.25) is 0 Å². The largest absolute Gasteiger partial charge is 0.378 e. The minimum atomic E-state index is 0.519. The molecular formula is C38H66O. The van der Waals surface area contributed by atoms with Gasteiger partial charge in [0.2, 0.25) is 0 Å². The Bertz CT molecular complexity index is 677. The number of ether oxygens (including phenoxy) is 1. The third-order valence-electron chi connectivity index (χ3n) is 10.2. The molecule has 0 spiro atoms. The predicted octanol–water partition coefficient (Wildman–Crippen LogP) is 12.4. The third kappa shape index (κ3) is 14.1. The Balaban J connectivity index is 1.15. The lowest BCUT2D eigenvalue weighted by Crippen LogP contribution is -2.21. The van der Waals surface area contributed by atoms with Crippen molar-refractivity contribution in [1.29, 1.82) is 0 Å². The Morgan fingerprint density at radius 1 is 0.538 bits per heavy atom. The number of unbranched alkanes of at least 4 members (excludes halogenated alkanes) is 11. The summed E-state index contributed by atoms with van der Waals surface area (Å²) >= 11 is 0. The first-order valence-electron chi connectivity index (χ1n) is 18.0. The lowest BCUT2D eigenvalue weighted by atomic mass is 9.78. The summed E-state index contributed by atoms with van der Waals surface area (Å²) in [7, 11) is 0. The van der Waals surface area contributed by atoms with Gasteiger partial charge in [-0.1, -0.05) is 147 Å². The molecule has 224 valence electrons. The van der Waals surface area contributed by atoms with E-state index in [0.717, 1.165) is 24.4 Å². The van der Waals surface area contributed by atoms with Gasteiger partial charge < -0.3 is 4.74 Å². The van der Waals surface area contributed by atoms with Crippen LogP contribution in [0.3, 0.4) is 0 Å². The van der Waals surface area contributed by atoms with Gasteiger partial charge in [-0.25, -0.2) is 0 Å². The van der Waals surface area contributed by atoms with Crippen LogP contribution in [0.4, 0.5) is 0 Å². The summed E-state index contributed by atoms with van der Waals surface area (Å²) in [6.07, 6.45) is 35.6. The van der Waals surface area contributed by atoms with Crippen LogP contribution in [0.25, 0.3) is 0 Å². The van der Waals surface area contributed by atoms with Gasteiger partial charge in [-0.15, -0.1) is 0 Å². The summed E-state index contributed by atoms with van der Waals surface area (Å²) in [5.74, 6) is 2.78. The number of benzene rings is 1. The van der Waals surface area contributed by atoms with Crippen LogP contribution in [0.1, 0.15) is 185 Å². The monoisotopic (exact) mass is 539 g/mol. The molecule has 0 amide bonds. The van der Waals surface area contributed by atoms with Crippen molar-refractivity contribution in [3.05, 3.63) is 35.4 Å². The maximum Gasteiger partial charge on any atom is 0.0575 e. The molecule has 0 heterocycles. The van der Waals surface area contributed by atoms with Gasteiger partial charge in [0.25, 0.3) is 0 Å². The predicted molar refractivity (Wildman–Crippen MR) is 172 cm³/mol. The minimum Gasteiger partial charge on any atom is -0.378 e. The van der Waals surface area contributed by atoms with Gasteiger partial charge in [-0.2, -0.15) is 0 Å². The molecule has 2 aliphatic rings. The molecule has 1 heteroatoms. The van der Waals surface area contributed by atoms with E-state index in [0.29, 0.717) is 6.10 Å². The summed E-state index contributed by atoms with van der Waals surface area (Å²) in [5.41, 5.74) is 3.10. The van der Waals surface area contributed by atoms with E-state index < -0.39 is 0 Å². The second kappa shape index (κ2) is 21.0. The molecule has 1 aromatic carbocycles. The van der Waals surface area contributed by atoms with E-state index in [-0.39, 0.29) is 0 Å². The second-order valence-electron chi connectivity index (χ2n) is 13.5. The number of hydrogen-bond donors (Lipinski definition) is 0. The lowest BCUT2D eigenvalue weighted by Gasteiger charge is -2.30. The van der Waals surface area contributed by atoms with E-state index in [9.17, 15) is 0 Å². The topological polar surface area (TPSA) is 9.23 Å². The molecule has 0 atom stereocenters. The Morgan fingerprint density at radius 3 is 1.64 bits per heavy atom. The standard InChI is InChI=1S/C38H66O/c1-3-5-7-9-10-11-13-15-17-33-20-22-35(23-21-33)19-16-32-39-38-30-28-37(29-31-38)36-26-24-34(25-27-36)18-14-12-8-6-4-2/h24-27,33,35,37-38H,3-23,28-32H2,1-2H3/t33-,35-,37-,38-. The van der Waals surface area contributed by atoms with E-state index in [4.69, 9.17) is 4.74 Å². The summed E-state index contributed by atoms with van der Waals surface area (Å²) in [4.78, 5) is 0. The lowest BCUT2D eigenvalue weighted by molar-refractivity contribution is 0.0204. The van der Waals surface area contributed by atoms with Crippen LogP contribution in [0.15, 0.2) is 24.3 Å². The normalized spacial score (nSPS) is 23.7. The first-order chi connectivity index (χ1) is 19.3. The van der Waals surface area contributed by atoms with Crippen LogP contribution in [0.2, 0.25) is 0 Å². The van der Waals surface area contributed by atoms with Crippen LogP contribution in [0.5, 0.6) is 0 Å². The van der Waals surface area contributed by atoms with E-state index in [1.165, 1.54) is 166 Å². The first-order valence-corrected chi connectivity index (χ1v) is 18.0. The summed E-state index contributed by atoms with van der Waals surface area (Å²) in [6.45, 7) is 5.61. The molecular weight excluding hydrogens is 472 g/mol. The molecule has 2 aliphatic carbocycles. The molecule has 39 heavy (non-hydrogen) atoms. The molecule has 0 bridgehead atoms. The average molecular weight is 539 g/mol. The Kier molecular flexibility index (Phi) is 17.6. The summed E-state index contributed by atoms with van der Waals surface area (Å²) in [5, 5.41) is 0. The van der Waals surface area contributed by atoms with Crippen molar-refractivity contribution in [3.8, 4) is 0 Å². The molecule has 0 N–H and O–H groups in total. The third-order valence-corrected chi connectivity index (χ3v) is 10.2.